The number of aliphatic hydroxyl groups is 6. The number of hydrogen-bond donors (Lipinski definition) is 7. The van der Waals surface area contributed by atoms with Crippen LogP contribution in [0.25, 0.3) is 0 Å². The van der Waals surface area contributed by atoms with Gasteiger partial charge in [0.25, 0.3) is 0 Å². The molecule has 60 heavy (non-hydrogen) atoms. The van der Waals surface area contributed by atoms with Crippen LogP contribution in [0.5, 0.6) is 0 Å². The smallest absolute Gasteiger partial charge is 0.331 e. The predicted octanol–water partition coefficient (Wildman–Crippen LogP) is 5.17. The standard InChI is InChI=1S/C50H71NO9/c1-28(29-10-4-5-11-29)30-14-15-36-43(55)46(17-8-9-18-46)26-47(27-53)39-16-19-45(2)41-33(24-48(45,57)50(39,59)44(56)37(21-30)49(36,47)58)20-34(42-35(41)23-40(54)60-42)38(51-3)22-31-12-6-7-13-32(31)25-52/h6-7,12-13,23,27-30,33-34,36-39,41-44,51-52,55-59H,4-5,8-11,14-22,24-26H2,1-3H3. The zero-order valence-corrected chi connectivity index (χ0v) is 36.1. The molecule has 8 saturated carbocycles. The Labute approximate surface area is 355 Å². The molecular formula is C50H71NO9. The summed E-state index contributed by atoms with van der Waals surface area (Å²) in [5.41, 5.74) is -6.12. The van der Waals surface area contributed by atoms with Crippen molar-refractivity contribution in [3.05, 3.63) is 47.0 Å². The Hall–Kier alpha value is -2.18. The van der Waals surface area contributed by atoms with E-state index in [0.717, 1.165) is 67.9 Å². The maximum absolute atomic E-state index is 14.5. The Balaban J connectivity index is 1.08. The van der Waals surface area contributed by atoms with Crippen molar-refractivity contribution in [1.82, 2.24) is 5.32 Å². The maximum atomic E-state index is 14.5. The molecule has 0 aromatic heterocycles. The third-order valence-corrected chi connectivity index (χ3v) is 20.7. The highest BCUT2D eigenvalue weighted by Crippen LogP contribution is 2.78. The first-order valence-electron chi connectivity index (χ1n) is 23.9. The van der Waals surface area contributed by atoms with Crippen LogP contribution in [-0.2, 0) is 27.4 Å². The SMILES string of the molecule is CNC(Cc1ccccc1CO)C1CC2CC3(O)C(C)(CCC4C5(C=O)CC6(CCCC6)C(O)C6CCC(C(C)C7CCCC7)CC(C(O)C43O)C65O)C2C2=CC(=O)OC21. The number of carbonyl (C=O) groups excluding carboxylic acids is 2. The van der Waals surface area contributed by atoms with Crippen LogP contribution >= 0.6 is 0 Å². The largest absolute Gasteiger partial charge is 0.454 e. The van der Waals surface area contributed by atoms with Gasteiger partial charge in [0.1, 0.15) is 23.6 Å². The number of aliphatic hydroxyl groups excluding tert-OH is 3. The topological polar surface area (TPSA) is 177 Å². The molecule has 7 N–H and O–H groups in total. The van der Waals surface area contributed by atoms with Gasteiger partial charge < -0.3 is 45.5 Å². The maximum Gasteiger partial charge on any atom is 0.331 e. The molecule has 10 rings (SSSR count). The van der Waals surface area contributed by atoms with Gasteiger partial charge in [-0.25, -0.2) is 4.79 Å². The predicted molar refractivity (Wildman–Crippen MR) is 224 cm³/mol. The van der Waals surface area contributed by atoms with Gasteiger partial charge in [0.05, 0.1) is 29.8 Å². The Kier molecular flexibility index (Phi) is 10.0. The molecule has 1 heterocycles. The molecule has 8 fully saturated rings. The second-order valence-corrected chi connectivity index (χ2v) is 22.4. The number of hydrogen-bond acceptors (Lipinski definition) is 10. The van der Waals surface area contributed by atoms with E-state index in [-0.39, 0.29) is 49.2 Å². The number of benzene rings is 1. The van der Waals surface area contributed by atoms with Crippen molar-refractivity contribution >= 4 is 12.3 Å². The molecule has 1 aromatic rings. The summed E-state index contributed by atoms with van der Waals surface area (Å²) in [7, 11) is 1.91. The molecule has 0 saturated heterocycles. The minimum absolute atomic E-state index is 0.0849. The molecule has 1 aromatic carbocycles. The lowest BCUT2D eigenvalue weighted by molar-refractivity contribution is -0.382. The van der Waals surface area contributed by atoms with E-state index in [1.807, 2.05) is 38.2 Å². The van der Waals surface area contributed by atoms with E-state index in [0.29, 0.717) is 50.4 Å². The van der Waals surface area contributed by atoms with E-state index < -0.39 is 75.1 Å². The molecule has 10 heteroatoms. The molecule has 17 atom stereocenters. The van der Waals surface area contributed by atoms with Crippen LogP contribution in [0.4, 0.5) is 0 Å². The summed E-state index contributed by atoms with van der Waals surface area (Å²) in [6, 6.07) is 7.69. The molecule has 330 valence electrons. The average Bonchev–Trinajstić information content (AvgIpc) is 4.04. The van der Waals surface area contributed by atoms with E-state index >= 15 is 0 Å². The molecule has 17 unspecified atom stereocenters. The first-order valence-corrected chi connectivity index (χ1v) is 23.9. The lowest BCUT2D eigenvalue weighted by atomic mass is 9.33. The molecule has 1 spiro atoms. The molecular weight excluding hydrogens is 759 g/mol. The third kappa shape index (κ3) is 5.25. The minimum atomic E-state index is -2.15. The monoisotopic (exact) mass is 830 g/mol. The van der Waals surface area contributed by atoms with Crippen molar-refractivity contribution in [2.75, 3.05) is 7.05 Å². The normalized spacial score (nSPS) is 48.8. The number of aldehydes is 1. The van der Waals surface area contributed by atoms with Gasteiger partial charge in [-0.1, -0.05) is 76.6 Å². The zero-order chi connectivity index (χ0) is 42.2. The molecule has 10 nitrogen and oxygen atoms in total. The van der Waals surface area contributed by atoms with Gasteiger partial charge in [-0.15, -0.1) is 0 Å². The van der Waals surface area contributed by atoms with Gasteiger partial charge in [0.15, 0.2) is 0 Å². The van der Waals surface area contributed by atoms with Crippen molar-refractivity contribution < 1.29 is 45.0 Å². The summed E-state index contributed by atoms with van der Waals surface area (Å²) < 4.78 is 6.18. The summed E-state index contributed by atoms with van der Waals surface area (Å²) in [6.45, 7) is 4.26. The van der Waals surface area contributed by atoms with Crippen molar-refractivity contribution in [2.45, 2.75) is 171 Å². The van der Waals surface area contributed by atoms with Gasteiger partial charge >= 0.3 is 5.97 Å². The van der Waals surface area contributed by atoms with E-state index in [1.165, 1.54) is 12.8 Å². The fourth-order valence-corrected chi connectivity index (χ4v) is 18.0. The number of ether oxygens (including phenoxy) is 1. The summed E-state index contributed by atoms with van der Waals surface area (Å²) in [5.74, 6) is -2.56. The van der Waals surface area contributed by atoms with Crippen molar-refractivity contribution in [1.29, 1.82) is 0 Å². The van der Waals surface area contributed by atoms with Gasteiger partial charge in [-0.3, -0.25) is 0 Å². The number of esters is 1. The van der Waals surface area contributed by atoms with Crippen LogP contribution in [0, 0.1) is 69.5 Å². The Bertz CT molecular complexity index is 1890. The number of fused-ring (bicyclic) bond motifs is 8. The summed E-state index contributed by atoms with van der Waals surface area (Å²) in [6.07, 6.45) is 11.9. The van der Waals surface area contributed by atoms with Crippen LogP contribution < -0.4 is 5.32 Å². The quantitative estimate of drug-likeness (QED) is 0.137. The van der Waals surface area contributed by atoms with Crippen molar-refractivity contribution in [2.24, 2.45) is 69.5 Å². The molecule has 9 aliphatic rings. The van der Waals surface area contributed by atoms with Crippen LogP contribution in [0.15, 0.2) is 35.9 Å². The number of rotatable bonds is 8. The minimum Gasteiger partial charge on any atom is -0.454 e. The van der Waals surface area contributed by atoms with Gasteiger partial charge in [0.2, 0.25) is 0 Å². The van der Waals surface area contributed by atoms with Crippen LogP contribution in [0.1, 0.15) is 128 Å². The molecule has 0 radical (unpaired) electrons. The lowest BCUT2D eigenvalue weighted by Crippen LogP contribution is -2.86. The van der Waals surface area contributed by atoms with Crippen LogP contribution in [0.3, 0.4) is 0 Å². The molecule has 1 aliphatic heterocycles. The number of carbonyl (C=O) groups is 2. The van der Waals surface area contributed by atoms with Crippen molar-refractivity contribution in [3.8, 4) is 0 Å². The molecule has 0 bridgehead atoms. The van der Waals surface area contributed by atoms with Gasteiger partial charge in [0, 0.05) is 41.2 Å². The Morgan fingerprint density at radius 3 is 2.28 bits per heavy atom. The second kappa shape index (κ2) is 14.4. The molecule has 0 amide bonds. The summed E-state index contributed by atoms with van der Waals surface area (Å²) in [5, 5.41) is 81.4. The Morgan fingerprint density at radius 1 is 0.883 bits per heavy atom. The number of nitrogens with one attached hydrogen (secondary N) is 1. The first-order chi connectivity index (χ1) is 28.7. The summed E-state index contributed by atoms with van der Waals surface area (Å²) in [4.78, 5) is 27.9. The molecule has 8 aliphatic carbocycles. The van der Waals surface area contributed by atoms with E-state index in [9.17, 15) is 40.2 Å². The van der Waals surface area contributed by atoms with E-state index in [2.05, 4.69) is 12.2 Å². The van der Waals surface area contributed by atoms with E-state index in [1.54, 1.807) is 6.08 Å². The fourth-order valence-electron chi connectivity index (χ4n) is 18.0. The highest BCUT2D eigenvalue weighted by molar-refractivity contribution is 5.86. The lowest BCUT2D eigenvalue weighted by Gasteiger charge is -2.74. The second-order valence-electron chi connectivity index (χ2n) is 22.4. The van der Waals surface area contributed by atoms with Crippen LogP contribution in [-0.4, -0.2) is 91.1 Å². The Morgan fingerprint density at radius 2 is 1.60 bits per heavy atom. The first kappa shape index (κ1) is 41.8. The average molecular weight is 830 g/mol. The highest BCUT2D eigenvalue weighted by atomic mass is 16.5. The highest BCUT2D eigenvalue weighted by Gasteiger charge is 2.86. The third-order valence-electron chi connectivity index (χ3n) is 20.7. The number of likely N-dealkylation sites (N-methyl/N-ethyl adjacent to an activating group) is 1. The fraction of sp³-hybridized carbons (Fsp3) is 0.800. The van der Waals surface area contributed by atoms with Gasteiger partial charge in [-0.2, -0.15) is 0 Å². The van der Waals surface area contributed by atoms with Gasteiger partial charge in [-0.05, 0) is 129 Å². The van der Waals surface area contributed by atoms with Crippen molar-refractivity contribution in [3.63, 3.8) is 0 Å². The van der Waals surface area contributed by atoms with Crippen LogP contribution in [0.2, 0.25) is 0 Å². The zero-order valence-electron chi connectivity index (χ0n) is 36.1. The van der Waals surface area contributed by atoms with E-state index in [4.69, 9.17) is 4.74 Å². The summed E-state index contributed by atoms with van der Waals surface area (Å²) >= 11 is 0.